The van der Waals surface area contributed by atoms with Gasteiger partial charge in [0.05, 0.1) is 0 Å². The molecule has 0 amide bonds. The summed E-state index contributed by atoms with van der Waals surface area (Å²) in [5, 5.41) is 0. The maximum absolute atomic E-state index is 11.0. The van der Waals surface area contributed by atoms with Crippen LogP contribution < -0.4 is 0 Å². The summed E-state index contributed by atoms with van der Waals surface area (Å²) >= 11 is 0. The van der Waals surface area contributed by atoms with Crippen molar-refractivity contribution in [3.63, 3.8) is 0 Å². The first-order valence-corrected chi connectivity index (χ1v) is 4.99. The van der Waals surface area contributed by atoms with E-state index in [2.05, 4.69) is 20.8 Å². The lowest BCUT2D eigenvalue weighted by atomic mass is 9.86. The summed E-state index contributed by atoms with van der Waals surface area (Å²) in [6.45, 7) is 6.80. The zero-order chi connectivity index (χ0) is 9.19. The molecule has 70 valence electrons. The molecule has 1 atom stereocenters. The van der Waals surface area contributed by atoms with Crippen LogP contribution in [0.1, 0.15) is 52.9 Å². The minimum atomic E-state index is 0.436. The van der Waals surface area contributed by atoms with Crippen LogP contribution in [-0.4, -0.2) is 5.78 Å². The van der Waals surface area contributed by atoms with Crippen LogP contribution in [0.25, 0.3) is 0 Å². The average Bonchev–Trinajstić information content (AvgIpc) is 2.30. The van der Waals surface area contributed by atoms with E-state index in [1.807, 2.05) is 0 Å². The van der Waals surface area contributed by atoms with Crippen molar-refractivity contribution in [2.75, 3.05) is 0 Å². The summed E-state index contributed by atoms with van der Waals surface area (Å²) in [6, 6.07) is 0. The third-order valence-corrected chi connectivity index (χ3v) is 2.65. The van der Waals surface area contributed by atoms with Crippen LogP contribution in [0.3, 0.4) is 0 Å². The molecule has 0 bridgehead atoms. The van der Waals surface area contributed by atoms with Crippen molar-refractivity contribution < 1.29 is 4.79 Å². The predicted octanol–water partition coefficient (Wildman–Crippen LogP) is 3.18. The van der Waals surface area contributed by atoms with E-state index in [0.29, 0.717) is 17.1 Å². The van der Waals surface area contributed by atoms with Gasteiger partial charge in [-0.1, -0.05) is 20.8 Å². The van der Waals surface area contributed by atoms with Gasteiger partial charge in [0.2, 0.25) is 0 Å². The molecule has 1 unspecified atom stereocenters. The summed E-state index contributed by atoms with van der Waals surface area (Å²) in [5.74, 6) is 1.19. The van der Waals surface area contributed by atoms with E-state index in [4.69, 9.17) is 0 Å². The van der Waals surface area contributed by atoms with Crippen molar-refractivity contribution in [3.05, 3.63) is 0 Å². The van der Waals surface area contributed by atoms with E-state index in [-0.39, 0.29) is 0 Å². The molecular formula is C11H20O. The first-order chi connectivity index (χ1) is 5.47. The van der Waals surface area contributed by atoms with Crippen molar-refractivity contribution in [1.29, 1.82) is 0 Å². The fraction of sp³-hybridized carbons (Fsp3) is 0.909. The van der Waals surface area contributed by atoms with Gasteiger partial charge in [0.15, 0.2) is 0 Å². The molecule has 1 aliphatic rings. The maximum atomic E-state index is 11.0. The number of ketones is 1. The van der Waals surface area contributed by atoms with Crippen LogP contribution >= 0.6 is 0 Å². The van der Waals surface area contributed by atoms with Crippen LogP contribution in [0, 0.1) is 11.3 Å². The highest BCUT2D eigenvalue weighted by Gasteiger charge is 2.23. The third-order valence-electron chi connectivity index (χ3n) is 2.65. The number of hydrogen-bond donors (Lipinski definition) is 0. The summed E-state index contributed by atoms with van der Waals surface area (Å²) in [6.07, 6.45) is 5.35. The summed E-state index contributed by atoms with van der Waals surface area (Å²) in [7, 11) is 0. The Balaban J connectivity index is 2.20. The summed E-state index contributed by atoms with van der Waals surface area (Å²) in [4.78, 5) is 11.0. The van der Waals surface area contributed by atoms with Gasteiger partial charge in [0.1, 0.15) is 5.78 Å². The number of carbonyl (C=O) groups excluding carboxylic acids is 1. The van der Waals surface area contributed by atoms with Gasteiger partial charge in [-0.25, -0.2) is 0 Å². The molecular weight excluding hydrogens is 148 g/mol. The zero-order valence-corrected chi connectivity index (χ0v) is 8.52. The Morgan fingerprint density at radius 2 is 2.08 bits per heavy atom. The Morgan fingerprint density at radius 3 is 2.50 bits per heavy atom. The minimum Gasteiger partial charge on any atom is -0.300 e. The van der Waals surface area contributed by atoms with E-state index < -0.39 is 0 Å². The van der Waals surface area contributed by atoms with E-state index >= 15 is 0 Å². The Kier molecular flexibility index (Phi) is 2.92. The Labute approximate surface area is 75.5 Å². The molecule has 1 aliphatic carbocycles. The topological polar surface area (TPSA) is 17.1 Å². The SMILES string of the molecule is CC(C)(C)CCC1CCC(=O)C1. The van der Waals surface area contributed by atoms with Gasteiger partial charge in [0.25, 0.3) is 0 Å². The normalized spacial score (nSPS) is 24.9. The lowest BCUT2D eigenvalue weighted by Crippen LogP contribution is -2.07. The summed E-state index contributed by atoms with van der Waals surface area (Å²) < 4.78 is 0. The highest BCUT2D eigenvalue weighted by atomic mass is 16.1. The molecule has 0 aromatic rings. The van der Waals surface area contributed by atoms with Gasteiger partial charge in [-0.3, -0.25) is 4.79 Å². The monoisotopic (exact) mass is 168 g/mol. The van der Waals surface area contributed by atoms with Crippen molar-refractivity contribution in [2.45, 2.75) is 52.9 Å². The third kappa shape index (κ3) is 3.38. The Morgan fingerprint density at radius 1 is 1.42 bits per heavy atom. The molecule has 0 spiro atoms. The molecule has 1 fully saturated rings. The largest absolute Gasteiger partial charge is 0.300 e. The zero-order valence-electron chi connectivity index (χ0n) is 8.52. The standard InChI is InChI=1S/C11H20O/c1-11(2,3)7-6-9-4-5-10(12)8-9/h9H,4-8H2,1-3H3. The number of carbonyl (C=O) groups is 1. The highest BCUT2D eigenvalue weighted by molar-refractivity contribution is 5.80. The van der Waals surface area contributed by atoms with Crippen LogP contribution in [0.5, 0.6) is 0 Å². The molecule has 0 N–H and O–H groups in total. The second kappa shape index (κ2) is 3.59. The molecule has 0 radical (unpaired) electrons. The second-order valence-electron chi connectivity index (χ2n) is 5.25. The molecule has 0 saturated heterocycles. The van der Waals surface area contributed by atoms with E-state index in [9.17, 15) is 4.79 Å². The number of Topliss-reactive ketones (excluding diaryl/α,β-unsaturated/α-hetero) is 1. The Hall–Kier alpha value is -0.330. The van der Waals surface area contributed by atoms with Gasteiger partial charge in [-0.2, -0.15) is 0 Å². The summed E-state index contributed by atoms with van der Waals surface area (Å²) in [5.41, 5.74) is 0.436. The second-order valence-corrected chi connectivity index (χ2v) is 5.25. The number of rotatable bonds is 2. The van der Waals surface area contributed by atoms with Crippen LogP contribution in [0.4, 0.5) is 0 Å². The molecule has 1 nitrogen and oxygen atoms in total. The van der Waals surface area contributed by atoms with Crippen molar-refractivity contribution in [1.82, 2.24) is 0 Å². The first-order valence-electron chi connectivity index (χ1n) is 4.99. The quantitative estimate of drug-likeness (QED) is 0.619. The van der Waals surface area contributed by atoms with Gasteiger partial charge < -0.3 is 0 Å². The lowest BCUT2D eigenvalue weighted by molar-refractivity contribution is -0.117. The van der Waals surface area contributed by atoms with E-state index in [1.54, 1.807) is 0 Å². The van der Waals surface area contributed by atoms with Gasteiger partial charge in [-0.15, -0.1) is 0 Å². The first kappa shape index (κ1) is 9.76. The fourth-order valence-corrected chi connectivity index (χ4v) is 1.77. The van der Waals surface area contributed by atoms with Crippen molar-refractivity contribution in [2.24, 2.45) is 11.3 Å². The average molecular weight is 168 g/mol. The minimum absolute atomic E-state index is 0.436. The number of hydrogen-bond acceptors (Lipinski definition) is 1. The predicted molar refractivity (Wildman–Crippen MR) is 51.0 cm³/mol. The molecule has 0 aromatic carbocycles. The van der Waals surface area contributed by atoms with E-state index in [0.717, 1.165) is 19.3 Å². The molecule has 12 heavy (non-hydrogen) atoms. The molecule has 0 aromatic heterocycles. The van der Waals surface area contributed by atoms with Gasteiger partial charge in [-0.05, 0) is 30.6 Å². The van der Waals surface area contributed by atoms with Crippen LogP contribution in [0.2, 0.25) is 0 Å². The lowest BCUT2D eigenvalue weighted by Gasteiger charge is -2.19. The molecule has 1 saturated carbocycles. The van der Waals surface area contributed by atoms with Gasteiger partial charge in [0, 0.05) is 12.8 Å². The molecule has 1 rings (SSSR count). The van der Waals surface area contributed by atoms with Crippen LogP contribution in [-0.2, 0) is 4.79 Å². The maximum Gasteiger partial charge on any atom is 0.133 e. The smallest absolute Gasteiger partial charge is 0.133 e. The van der Waals surface area contributed by atoms with Crippen LogP contribution in [0.15, 0.2) is 0 Å². The molecule has 0 heterocycles. The van der Waals surface area contributed by atoms with Crippen molar-refractivity contribution >= 4 is 5.78 Å². The fourth-order valence-electron chi connectivity index (χ4n) is 1.77. The van der Waals surface area contributed by atoms with Crippen molar-refractivity contribution in [3.8, 4) is 0 Å². The van der Waals surface area contributed by atoms with Gasteiger partial charge >= 0.3 is 0 Å². The molecule has 1 heteroatoms. The Bertz CT molecular complexity index is 164. The van der Waals surface area contributed by atoms with E-state index in [1.165, 1.54) is 12.8 Å². The molecule has 0 aliphatic heterocycles. The highest BCUT2D eigenvalue weighted by Crippen LogP contribution is 2.31.